The van der Waals surface area contributed by atoms with E-state index in [4.69, 9.17) is 4.74 Å². The van der Waals surface area contributed by atoms with Gasteiger partial charge in [0.25, 0.3) is 5.92 Å². The van der Waals surface area contributed by atoms with Gasteiger partial charge in [0, 0.05) is 19.5 Å². The molecule has 120 valence electrons. The van der Waals surface area contributed by atoms with Crippen LogP contribution < -0.4 is 0 Å². The fourth-order valence-corrected chi connectivity index (χ4v) is 2.79. The van der Waals surface area contributed by atoms with Crippen LogP contribution in [0.1, 0.15) is 40.0 Å². The van der Waals surface area contributed by atoms with Crippen molar-refractivity contribution in [3.05, 3.63) is 0 Å². The number of alkyl halides is 2. The van der Waals surface area contributed by atoms with Crippen LogP contribution in [-0.2, 0) is 9.53 Å². The topological polar surface area (TPSA) is 49.9 Å². The summed E-state index contributed by atoms with van der Waals surface area (Å²) in [7, 11) is 0. The van der Waals surface area contributed by atoms with Gasteiger partial charge in [-0.15, -0.1) is 0 Å². The van der Waals surface area contributed by atoms with Crippen molar-refractivity contribution >= 4 is 12.0 Å². The van der Waals surface area contributed by atoms with Crippen LogP contribution in [-0.4, -0.2) is 59.0 Å². The summed E-state index contributed by atoms with van der Waals surface area (Å²) in [5, 5.41) is 0. The lowest BCUT2D eigenvalue weighted by Gasteiger charge is -2.39. The van der Waals surface area contributed by atoms with Gasteiger partial charge in [0.05, 0.1) is 6.04 Å². The number of rotatable bonds is 1. The molecule has 0 bridgehead atoms. The molecule has 2 rings (SSSR count). The van der Waals surface area contributed by atoms with Crippen molar-refractivity contribution in [2.75, 3.05) is 19.6 Å². The Hall–Kier alpha value is -1.40. The van der Waals surface area contributed by atoms with E-state index in [2.05, 4.69) is 0 Å². The zero-order chi connectivity index (χ0) is 15.8. The summed E-state index contributed by atoms with van der Waals surface area (Å²) >= 11 is 0. The molecule has 1 aliphatic heterocycles. The van der Waals surface area contributed by atoms with Crippen LogP contribution in [0.25, 0.3) is 0 Å². The number of carbonyl (C=O) groups is 2. The average Bonchev–Trinajstić information content (AvgIpc) is 2.66. The molecule has 0 aromatic carbocycles. The molecule has 1 aliphatic carbocycles. The molecule has 2 fully saturated rings. The molecule has 1 unspecified atom stereocenters. The van der Waals surface area contributed by atoms with Crippen LogP contribution in [0, 0.1) is 0 Å². The van der Waals surface area contributed by atoms with Gasteiger partial charge in [0.15, 0.2) is 0 Å². The number of ether oxygens (including phenoxy) is 1. The Morgan fingerprint density at radius 2 is 2.00 bits per heavy atom. The molecule has 0 radical (unpaired) electrons. The molecule has 1 atom stereocenters. The van der Waals surface area contributed by atoms with Crippen LogP contribution in [0.5, 0.6) is 0 Å². The van der Waals surface area contributed by atoms with E-state index in [1.165, 1.54) is 9.80 Å². The van der Waals surface area contributed by atoms with Crippen molar-refractivity contribution in [1.29, 1.82) is 0 Å². The minimum atomic E-state index is -2.82. The molecule has 0 aromatic rings. The predicted octanol–water partition coefficient (Wildman–Crippen LogP) is 2.25. The SMILES string of the molecule is CC(C)(C)OC(=O)N1CCN(C2CCCC2(F)F)C(=O)C1. The van der Waals surface area contributed by atoms with Crippen LogP contribution in [0.15, 0.2) is 0 Å². The highest BCUT2D eigenvalue weighted by Gasteiger charge is 2.49. The third-order valence-electron chi connectivity index (χ3n) is 3.76. The van der Waals surface area contributed by atoms with Gasteiger partial charge < -0.3 is 9.64 Å². The van der Waals surface area contributed by atoms with Gasteiger partial charge in [0.2, 0.25) is 5.91 Å². The zero-order valence-corrected chi connectivity index (χ0v) is 12.7. The Balaban J connectivity index is 1.97. The van der Waals surface area contributed by atoms with Gasteiger partial charge in [-0.1, -0.05) is 0 Å². The Kier molecular flexibility index (Phi) is 4.13. The molecule has 21 heavy (non-hydrogen) atoms. The first-order chi connectivity index (χ1) is 9.60. The fourth-order valence-electron chi connectivity index (χ4n) is 2.79. The Bertz CT molecular complexity index is 434. The smallest absolute Gasteiger partial charge is 0.410 e. The summed E-state index contributed by atoms with van der Waals surface area (Å²) in [5.74, 6) is -3.25. The first-order valence-electron chi connectivity index (χ1n) is 7.25. The van der Waals surface area contributed by atoms with Crippen LogP contribution in [0.4, 0.5) is 13.6 Å². The average molecular weight is 304 g/mol. The van der Waals surface area contributed by atoms with Crippen molar-refractivity contribution in [3.63, 3.8) is 0 Å². The standard InChI is InChI=1S/C14H22F2N2O3/c1-13(2,3)21-12(20)17-7-8-18(11(19)9-17)10-5-4-6-14(10,15)16/h10H,4-9H2,1-3H3. The zero-order valence-electron chi connectivity index (χ0n) is 12.7. The van der Waals surface area contributed by atoms with E-state index >= 15 is 0 Å². The number of amides is 2. The molecule has 1 saturated carbocycles. The third-order valence-corrected chi connectivity index (χ3v) is 3.76. The lowest BCUT2D eigenvalue weighted by molar-refractivity contribution is -0.148. The molecule has 2 aliphatic rings. The van der Waals surface area contributed by atoms with Gasteiger partial charge >= 0.3 is 6.09 Å². The van der Waals surface area contributed by atoms with E-state index in [0.717, 1.165) is 0 Å². The lowest BCUT2D eigenvalue weighted by Crippen LogP contribution is -2.58. The van der Waals surface area contributed by atoms with E-state index in [1.807, 2.05) is 0 Å². The molecule has 1 heterocycles. The van der Waals surface area contributed by atoms with Gasteiger partial charge in [-0.2, -0.15) is 0 Å². The summed E-state index contributed by atoms with van der Waals surface area (Å²) in [6.07, 6.45) is 0.00767. The van der Waals surface area contributed by atoms with Crippen molar-refractivity contribution in [2.45, 2.75) is 57.6 Å². The van der Waals surface area contributed by atoms with Crippen molar-refractivity contribution in [2.24, 2.45) is 0 Å². The molecule has 0 spiro atoms. The first-order valence-corrected chi connectivity index (χ1v) is 7.25. The monoisotopic (exact) mass is 304 g/mol. The Morgan fingerprint density at radius 1 is 1.33 bits per heavy atom. The van der Waals surface area contributed by atoms with Crippen molar-refractivity contribution in [1.82, 2.24) is 9.80 Å². The van der Waals surface area contributed by atoms with E-state index in [9.17, 15) is 18.4 Å². The number of hydrogen-bond donors (Lipinski definition) is 0. The molecule has 2 amide bonds. The summed E-state index contributed by atoms with van der Waals surface area (Å²) in [6.45, 7) is 5.39. The van der Waals surface area contributed by atoms with Gasteiger partial charge in [-0.3, -0.25) is 9.69 Å². The van der Waals surface area contributed by atoms with Crippen molar-refractivity contribution < 1.29 is 23.1 Å². The van der Waals surface area contributed by atoms with Gasteiger partial charge in [-0.25, -0.2) is 13.6 Å². The largest absolute Gasteiger partial charge is 0.444 e. The normalized spacial score (nSPS) is 26.1. The predicted molar refractivity (Wildman–Crippen MR) is 72.1 cm³/mol. The highest BCUT2D eigenvalue weighted by Crippen LogP contribution is 2.38. The number of halogens is 2. The summed E-state index contributed by atoms with van der Waals surface area (Å²) in [4.78, 5) is 26.5. The molecular formula is C14H22F2N2O3. The maximum Gasteiger partial charge on any atom is 0.410 e. The van der Waals surface area contributed by atoms with E-state index in [-0.39, 0.29) is 26.1 Å². The summed E-state index contributed by atoms with van der Waals surface area (Å²) in [5.41, 5.74) is -0.643. The van der Waals surface area contributed by atoms with E-state index in [1.54, 1.807) is 20.8 Å². The number of hydrogen-bond acceptors (Lipinski definition) is 3. The third kappa shape index (κ3) is 3.63. The number of carbonyl (C=O) groups excluding carboxylic acids is 2. The molecular weight excluding hydrogens is 282 g/mol. The molecule has 7 heteroatoms. The maximum absolute atomic E-state index is 13.7. The summed E-state index contributed by atoms with van der Waals surface area (Å²) < 4.78 is 32.7. The quantitative estimate of drug-likeness (QED) is 0.746. The Labute approximate surface area is 123 Å². The first kappa shape index (κ1) is 16.0. The lowest BCUT2D eigenvalue weighted by atomic mass is 10.1. The number of nitrogens with zero attached hydrogens (tertiary/aromatic N) is 2. The van der Waals surface area contributed by atoms with Crippen LogP contribution in [0.3, 0.4) is 0 Å². The van der Waals surface area contributed by atoms with Crippen molar-refractivity contribution in [3.8, 4) is 0 Å². The van der Waals surface area contributed by atoms with Gasteiger partial charge in [-0.05, 0) is 33.6 Å². The minimum absolute atomic E-state index is 0.137. The number of piperazine rings is 1. The van der Waals surface area contributed by atoms with Crippen LogP contribution in [0.2, 0.25) is 0 Å². The molecule has 0 aromatic heterocycles. The Morgan fingerprint density at radius 3 is 2.48 bits per heavy atom. The second kappa shape index (κ2) is 5.42. The maximum atomic E-state index is 13.7. The second-order valence-corrected chi connectivity index (χ2v) is 6.66. The van der Waals surface area contributed by atoms with E-state index in [0.29, 0.717) is 12.8 Å². The molecule has 5 nitrogen and oxygen atoms in total. The van der Waals surface area contributed by atoms with Gasteiger partial charge in [0.1, 0.15) is 12.1 Å². The summed E-state index contributed by atoms with van der Waals surface area (Å²) in [6, 6.07) is -1.02. The molecule has 0 N–H and O–H groups in total. The van der Waals surface area contributed by atoms with Crippen LogP contribution >= 0.6 is 0 Å². The second-order valence-electron chi connectivity index (χ2n) is 6.66. The highest BCUT2D eigenvalue weighted by molar-refractivity contribution is 5.84. The molecule has 1 saturated heterocycles. The highest BCUT2D eigenvalue weighted by atomic mass is 19.3. The minimum Gasteiger partial charge on any atom is -0.444 e. The fraction of sp³-hybridized carbons (Fsp3) is 0.857. The van der Waals surface area contributed by atoms with E-state index < -0.39 is 29.6 Å².